The molecule has 1 amide bonds. The summed E-state index contributed by atoms with van der Waals surface area (Å²) in [5.74, 6) is 0.453. The maximum absolute atomic E-state index is 12.3. The maximum Gasteiger partial charge on any atom is 0.220 e. The number of rotatable bonds is 7. The van der Waals surface area contributed by atoms with Gasteiger partial charge in [-0.3, -0.25) is 9.59 Å². The molecule has 3 rings (SSSR count). The van der Waals surface area contributed by atoms with E-state index >= 15 is 0 Å². The Morgan fingerprint density at radius 3 is 2.81 bits per heavy atom. The van der Waals surface area contributed by atoms with Crippen molar-refractivity contribution in [2.75, 3.05) is 0 Å². The topological polar surface area (TPSA) is 89.8 Å². The summed E-state index contributed by atoms with van der Waals surface area (Å²) >= 11 is 1.60. The van der Waals surface area contributed by atoms with Crippen LogP contribution in [0.2, 0.25) is 0 Å². The summed E-state index contributed by atoms with van der Waals surface area (Å²) in [6.45, 7) is 4.22. The number of pyridine rings is 1. The number of nitrogens with zero attached hydrogens (tertiary/aromatic N) is 4. The van der Waals surface area contributed by atoms with E-state index in [9.17, 15) is 9.59 Å². The van der Waals surface area contributed by atoms with Crippen molar-refractivity contribution in [2.45, 2.75) is 33.2 Å². The molecule has 0 unspecified atom stereocenters. The van der Waals surface area contributed by atoms with Gasteiger partial charge >= 0.3 is 0 Å². The molecule has 7 nitrogen and oxygen atoms in total. The summed E-state index contributed by atoms with van der Waals surface area (Å²) in [6, 6.07) is 5.56. The molecule has 3 aromatic heterocycles. The summed E-state index contributed by atoms with van der Waals surface area (Å²) in [4.78, 5) is 34.7. The van der Waals surface area contributed by atoms with Crippen molar-refractivity contribution >= 4 is 23.0 Å². The Hall–Kier alpha value is -2.87. The van der Waals surface area contributed by atoms with Gasteiger partial charge in [-0.05, 0) is 26.0 Å². The van der Waals surface area contributed by atoms with Crippen LogP contribution in [0.4, 0.5) is 0 Å². The molecule has 0 atom stereocenters. The molecular weight excluding hydrogens is 350 g/mol. The summed E-state index contributed by atoms with van der Waals surface area (Å²) in [5, 5.41) is 6.90. The lowest BCUT2D eigenvalue weighted by Crippen LogP contribution is -2.24. The second-order valence-corrected chi connectivity index (χ2v) is 7.31. The average Bonchev–Trinajstić information content (AvgIpc) is 3.27. The predicted octanol–water partition coefficient (Wildman–Crippen LogP) is 2.62. The normalized spacial score (nSPS) is 10.7. The smallest absolute Gasteiger partial charge is 0.220 e. The fourth-order valence-corrected chi connectivity index (χ4v) is 3.59. The van der Waals surface area contributed by atoms with Crippen molar-refractivity contribution in [3.63, 3.8) is 0 Å². The molecule has 8 heteroatoms. The van der Waals surface area contributed by atoms with Gasteiger partial charge in [-0.1, -0.05) is 6.07 Å². The van der Waals surface area contributed by atoms with E-state index in [4.69, 9.17) is 0 Å². The van der Waals surface area contributed by atoms with Crippen LogP contribution in [0.1, 0.15) is 38.5 Å². The second-order valence-electron chi connectivity index (χ2n) is 5.85. The fraction of sp³-hybridized carbons (Fsp3) is 0.278. The quantitative estimate of drug-likeness (QED) is 0.647. The highest BCUT2D eigenvalue weighted by Crippen LogP contribution is 2.22. The van der Waals surface area contributed by atoms with Crippen LogP contribution < -0.4 is 5.32 Å². The lowest BCUT2D eigenvalue weighted by molar-refractivity contribution is -0.121. The van der Waals surface area contributed by atoms with Gasteiger partial charge < -0.3 is 5.32 Å². The summed E-state index contributed by atoms with van der Waals surface area (Å²) in [5.41, 5.74) is 1.54. The predicted molar refractivity (Wildman–Crippen MR) is 98.4 cm³/mol. The van der Waals surface area contributed by atoms with Gasteiger partial charge in [0.05, 0.1) is 0 Å². The first-order valence-electron chi connectivity index (χ1n) is 8.20. The van der Waals surface area contributed by atoms with Crippen molar-refractivity contribution in [1.29, 1.82) is 0 Å². The first-order chi connectivity index (χ1) is 12.5. The Labute approximate surface area is 155 Å². The highest BCUT2D eigenvalue weighted by molar-refractivity contribution is 7.12. The van der Waals surface area contributed by atoms with Crippen molar-refractivity contribution in [3.8, 4) is 5.82 Å². The number of nitrogens with one attached hydrogen (secondary N) is 1. The van der Waals surface area contributed by atoms with E-state index in [1.807, 2.05) is 26.0 Å². The first kappa shape index (κ1) is 17.9. The Balaban J connectivity index is 1.55. The van der Waals surface area contributed by atoms with Crippen LogP contribution in [0, 0.1) is 13.8 Å². The van der Waals surface area contributed by atoms with Crippen LogP contribution in [0.5, 0.6) is 0 Å². The Morgan fingerprint density at radius 2 is 2.12 bits per heavy atom. The molecule has 0 radical (unpaired) electrons. The van der Waals surface area contributed by atoms with Crippen molar-refractivity contribution in [3.05, 3.63) is 57.9 Å². The molecular formula is C18H19N5O2S. The molecule has 3 aromatic rings. The lowest BCUT2D eigenvalue weighted by atomic mass is 10.1. The molecule has 0 aliphatic heterocycles. The molecule has 134 valence electrons. The number of carbonyl (C=O) groups is 2. The van der Waals surface area contributed by atoms with E-state index in [0.29, 0.717) is 12.4 Å². The highest BCUT2D eigenvalue weighted by Gasteiger charge is 2.14. The third-order valence-corrected chi connectivity index (χ3v) is 4.87. The highest BCUT2D eigenvalue weighted by atomic mass is 32.1. The number of Topliss-reactive ketones (excluding diaryl/α,β-unsaturated/α-hetero) is 1. The number of ketones is 1. The Kier molecular flexibility index (Phi) is 5.52. The molecule has 0 aliphatic carbocycles. The molecule has 0 fully saturated rings. The molecule has 0 aromatic carbocycles. The minimum Gasteiger partial charge on any atom is -0.352 e. The zero-order valence-corrected chi connectivity index (χ0v) is 15.4. The van der Waals surface area contributed by atoms with Crippen LogP contribution in [0.15, 0.2) is 37.1 Å². The minimum atomic E-state index is -0.170. The van der Waals surface area contributed by atoms with Gasteiger partial charge in [0.15, 0.2) is 11.6 Å². The molecule has 0 saturated heterocycles. The van der Waals surface area contributed by atoms with Gasteiger partial charge in [0.25, 0.3) is 0 Å². The van der Waals surface area contributed by atoms with Crippen molar-refractivity contribution in [1.82, 2.24) is 25.1 Å². The number of aromatic nitrogens is 4. The SMILES string of the molecule is Cc1cc(C(=O)CCC(=O)NCc2cccnc2-n2cncn2)c(C)s1. The minimum absolute atomic E-state index is 0.00619. The molecule has 0 bridgehead atoms. The zero-order chi connectivity index (χ0) is 18.5. The summed E-state index contributed by atoms with van der Waals surface area (Å²) in [6.07, 6.45) is 5.00. The van der Waals surface area contributed by atoms with E-state index in [1.165, 1.54) is 6.33 Å². The van der Waals surface area contributed by atoms with E-state index in [2.05, 4.69) is 20.4 Å². The first-order valence-corrected chi connectivity index (χ1v) is 9.02. The number of carbonyl (C=O) groups excluding carboxylic acids is 2. The van der Waals surface area contributed by atoms with Crippen molar-refractivity contribution in [2.24, 2.45) is 0 Å². The van der Waals surface area contributed by atoms with Gasteiger partial charge in [-0.2, -0.15) is 5.10 Å². The largest absolute Gasteiger partial charge is 0.352 e. The van der Waals surface area contributed by atoms with Gasteiger partial charge in [0.1, 0.15) is 12.7 Å². The van der Waals surface area contributed by atoms with Crippen molar-refractivity contribution < 1.29 is 9.59 Å². The van der Waals surface area contributed by atoms with Gasteiger partial charge in [0, 0.05) is 46.5 Å². The molecule has 0 saturated carbocycles. The van der Waals surface area contributed by atoms with Gasteiger partial charge in [-0.15, -0.1) is 11.3 Å². The van der Waals surface area contributed by atoms with Gasteiger partial charge in [0.2, 0.25) is 5.91 Å². The van der Waals surface area contributed by atoms with E-state index in [0.717, 1.165) is 20.9 Å². The van der Waals surface area contributed by atoms with Crippen LogP contribution in [0.25, 0.3) is 5.82 Å². The Morgan fingerprint density at radius 1 is 1.27 bits per heavy atom. The fourth-order valence-electron chi connectivity index (χ4n) is 2.64. The van der Waals surface area contributed by atoms with Crippen LogP contribution in [-0.4, -0.2) is 31.4 Å². The average molecular weight is 369 g/mol. The zero-order valence-electron chi connectivity index (χ0n) is 14.6. The van der Waals surface area contributed by atoms with E-state index in [1.54, 1.807) is 34.6 Å². The molecule has 0 spiro atoms. The standard InChI is InChI=1S/C18H19N5O2S/c1-12-8-15(13(2)26-12)16(24)5-6-17(25)21-9-14-4-3-7-20-18(14)23-11-19-10-22-23/h3-4,7-8,10-11H,5-6,9H2,1-2H3,(H,21,25). The van der Waals surface area contributed by atoms with Gasteiger partial charge in [-0.25, -0.2) is 14.6 Å². The van der Waals surface area contributed by atoms with Crippen LogP contribution in [0.3, 0.4) is 0 Å². The number of hydrogen-bond acceptors (Lipinski definition) is 6. The number of hydrogen-bond donors (Lipinski definition) is 1. The molecule has 26 heavy (non-hydrogen) atoms. The molecule has 1 N–H and O–H groups in total. The maximum atomic E-state index is 12.3. The second kappa shape index (κ2) is 8.01. The number of thiophene rings is 1. The van der Waals surface area contributed by atoms with E-state index < -0.39 is 0 Å². The third kappa shape index (κ3) is 4.20. The monoisotopic (exact) mass is 369 g/mol. The lowest BCUT2D eigenvalue weighted by Gasteiger charge is -2.09. The summed E-state index contributed by atoms with van der Waals surface area (Å²) in [7, 11) is 0. The third-order valence-electron chi connectivity index (χ3n) is 3.90. The summed E-state index contributed by atoms with van der Waals surface area (Å²) < 4.78 is 1.55. The molecule has 0 aliphatic rings. The van der Waals surface area contributed by atoms with E-state index in [-0.39, 0.29) is 24.5 Å². The number of amides is 1. The van der Waals surface area contributed by atoms with Crippen LogP contribution >= 0.6 is 11.3 Å². The Bertz CT molecular complexity index is 918. The van der Waals surface area contributed by atoms with Crippen LogP contribution in [-0.2, 0) is 11.3 Å². The molecule has 3 heterocycles. The number of aryl methyl sites for hydroxylation is 2.